The smallest absolute Gasteiger partial charge is 0.0584 e. The molecule has 0 aromatic rings. The van der Waals surface area contributed by atoms with Crippen LogP contribution in [0.25, 0.3) is 0 Å². The van der Waals surface area contributed by atoms with Crippen LogP contribution in [0, 0.1) is 0 Å². The highest BCUT2D eigenvalue weighted by atomic mass is 14.8. The first-order valence-electron chi connectivity index (χ1n) is 6.02. The van der Waals surface area contributed by atoms with E-state index in [1.165, 1.54) is 0 Å². The van der Waals surface area contributed by atoms with Gasteiger partial charge in [-0.2, -0.15) is 0 Å². The van der Waals surface area contributed by atoms with Crippen molar-refractivity contribution in [1.82, 2.24) is 0 Å². The van der Waals surface area contributed by atoms with Crippen LogP contribution >= 0.6 is 0 Å². The number of nitrogens with zero attached hydrogens (tertiary/aromatic N) is 3. The fourth-order valence-electron chi connectivity index (χ4n) is 1.18. The molecule has 0 aromatic heterocycles. The van der Waals surface area contributed by atoms with E-state index in [2.05, 4.69) is 15.0 Å². The van der Waals surface area contributed by atoms with E-state index in [0.717, 1.165) is 22.6 Å². The summed E-state index contributed by atoms with van der Waals surface area (Å²) in [6.45, 7) is 9.85. The van der Waals surface area contributed by atoms with Crippen LogP contribution < -0.4 is 0 Å². The van der Waals surface area contributed by atoms with Gasteiger partial charge in [0.25, 0.3) is 0 Å². The first-order valence-corrected chi connectivity index (χ1v) is 6.02. The SMILES string of the molecule is C/C=C\N=C(C)C(C)=N/C=C(C)/C(C=NC)=C/C. The lowest BCUT2D eigenvalue weighted by Crippen LogP contribution is -2.04. The zero-order valence-electron chi connectivity index (χ0n) is 12.2. The first-order chi connectivity index (χ1) is 8.56. The molecule has 0 saturated carbocycles. The number of hydrogen-bond acceptors (Lipinski definition) is 3. The van der Waals surface area contributed by atoms with Crippen LogP contribution in [0.2, 0.25) is 0 Å². The lowest BCUT2D eigenvalue weighted by atomic mass is 10.1. The second-order valence-electron chi connectivity index (χ2n) is 3.85. The Morgan fingerprint density at radius 3 is 2.06 bits per heavy atom. The van der Waals surface area contributed by atoms with Crippen LogP contribution in [-0.4, -0.2) is 24.7 Å². The van der Waals surface area contributed by atoms with Crippen molar-refractivity contribution < 1.29 is 0 Å². The molecule has 18 heavy (non-hydrogen) atoms. The van der Waals surface area contributed by atoms with Crippen LogP contribution in [0.4, 0.5) is 0 Å². The van der Waals surface area contributed by atoms with E-state index in [4.69, 9.17) is 0 Å². The van der Waals surface area contributed by atoms with Crippen molar-refractivity contribution in [3.8, 4) is 0 Å². The third-order valence-corrected chi connectivity index (χ3v) is 2.43. The molecule has 0 spiro atoms. The number of hydrogen-bond donors (Lipinski definition) is 0. The van der Waals surface area contributed by atoms with Crippen LogP contribution in [0.5, 0.6) is 0 Å². The zero-order valence-corrected chi connectivity index (χ0v) is 12.2. The quantitative estimate of drug-likeness (QED) is 0.519. The van der Waals surface area contributed by atoms with Gasteiger partial charge < -0.3 is 0 Å². The third-order valence-electron chi connectivity index (χ3n) is 2.43. The molecular weight excluding hydrogens is 222 g/mol. The highest BCUT2D eigenvalue weighted by Gasteiger charge is 1.96. The fourth-order valence-corrected chi connectivity index (χ4v) is 1.18. The summed E-state index contributed by atoms with van der Waals surface area (Å²) in [5.41, 5.74) is 4.00. The lowest BCUT2D eigenvalue weighted by Gasteiger charge is -2.00. The Morgan fingerprint density at radius 2 is 1.56 bits per heavy atom. The van der Waals surface area contributed by atoms with Crippen molar-refractivity contribution in [3.05, 3.63) is 35.7 Å². The molecule has 0 rings (SSSR count). The van der Waals surface area contributed by atoms with Gasteiger partial charge in [-0.3, -0.25) is 15.0 Å². The van der Waals surface area contributed by atoms with Crippen molar-refractivity contribution in [1.29, 1.82) is 0 Å². The second kappa shape index (κ2) is 9.28. The summed E-state index contributed by atoms with van der Waals surface area (Å²) in [4.78, 5) is 12.7. The summed E-state index contributed by atoms with van der Waals surface area (Å²) in [5, 5.41) is 0. The molecule has 0 aliphatic rings. The van der Waals surface area contributed by atoms with Gasteiger partial charge in [0.15, 0.2) is 0 Å². The predicted octanol–water partition coefficient (Wildman–Crippen LogP) is 3.99. The highest BCUT2D eigenvalue weighted by molar-refractivity contribution is 6.40. The number of aliphatic imine (C=N–C) groups is 3. The maximum absolute atomic E-state index is 4.42. The second-order valence-corrected chi connectivity index (χ2v) is 3.85. The standard InChI is InChI=1S/C15H23N3/c1-7-9-17-13(4)14(5)18-10-12(3)15(8-2)11-16-6/h7-11H,1-6H3/b9-7-,12-10+,15-8+,16-11?,17-13?,18-14?. The summed E-state index contributed by atoms with van der Waals surface area (Å²) >= 11 is 0. The molecular formula is C15H23N3. The topological polar surface area (TPSA) is 37.1 Å². The van der Waals surface area contributed by atoms with Gasteiger partial charge >= 0.3 is 0 Å². The molecule has 98 valence electrons. The molecule has 3 nitrogen and oxygen atoms in total. The number of rotatable bonds is 5. The summed E-state index contributed by atoms with van der Waals surface area (Å²) in [7, 11) is 1.76. The first kappa shape index (κ1) is 16.2. The Morgan fingerprint density at radius 1 is 0.944 bits per heavy atom. The van der Waals surface area contributed by atoms with E-state index in [0.29, 0.717) is 0 Å². The minimum absolute atomic E-state index is 0.913. The van der Waals surface area contributed by atoms with Gasteiger partial charge in [-0.25, -0.2) is 0 Å². The molecule has 0 aliphatic carbocycles. The van der Waals surface area contributed by atoms with E-state index in [9.17, 15) is 0 Å². The minimum Gasteiger partial charge on any atom is -0.296 e. The van der Waals surface area contributed by atoms with Gasteiger partial charge in [0.2, 0.25) is 0 Å². The van der Waals surface area contributed by atoms with Crippen molar-refractivity contribution in [2.45, 2.75) is 34.6 Å². The molecule has 0 bridgehead atoms. The van der Waals surface area contributed by atoms with E-state index in [1.807, 2.05) is 59.2 Å². The van der Waals surface area contributed by atoms with Crippen molar-refractivity contribution in [2.24, 2.45) is 15.0 Å². The van der Waals surface area contributed by atoms with Crippen molar-refractivity contribution in [2.75, 3.05) is 7.05 Å². The Hall–Kier alpha value is -1.77. The average molecular weight is 245 g/mol. The summed E-state index contributed by atoms with van der Waals surface area (Å²) in [6, 6.07) is 0. The van der Waals surface area contributed by atoms with Crippen LogP contribution in [0.1, 0.15) is 34.6 Å². The maximum atomic E-state index is 4.42. The lowest BCUT2D eigenvalue weighted by molar-refractivity contribution is 1.36. The largest absolute Gasteiger partial charge is 0.296 e. The van der Waals surface area contributed by atoms with Gasteiger partial charge in [0.1, 0.15) is 0 Å². The molecule has 0 unspecified atom stereocenters. The van der Waals surface area contributed by atoms with E-state index >= 15 is 0 Å². The monoisotopic (exact) mass is 245 g/mol. The van der Waals surface area contributed by atoms with Gasteiger partial charge in [0.05, 0.1) is 11.4 Å². The fraction of sp³-hybridized carbons (Fsp3) is 0.400. The van der Waals surface area contributed by atoms with Crippen LogP contribution in [0.15, 0.2) is 50.7 Å². The Balaban J connectivity index is 5.00. The molecule has 0 N–H and O–H groups in total. The van der Waals surface area contributed by atoms with Gasteiger partial charge in [0, 0.05) is 25.7 Å². The average Bonchev–Trinajstić information content (AvgIpc) is 2.38. The normalized spacial score (nSPS) is 16.1. The van der Waals surface area contributed by atoms with Crippen LogP contribution in [0.3, 0.4) is 0 Å². The molecule has 0 heterocycles. The maximum Gasteiger partial charge on any atom is 0.0584 e. The molecule has 0 radical (unpaired) electrons. The molecule has 3 heteroatoms. The molecule has 0 atom stereocenters. The molecule has 0 saturated heterocycles. The molecule has 0 fully saturated rings. The van der Waals surface area contributed by atoms with Crippen molar-refractivity contribution >= 4 is 17.6 Å². The summed E-state index contributed by atoms with van der Waals surface area (Å²) in [5.74, 6) is 0. The molecule has 0 aliphatic heterocycles. The van der Waals surface area contributed by atoms with Gasteiger partial charge in [-0.05, 0) is 45.8 Å². The van der Waals surface area contributed by atoms with Crippen LogP contribution in [-0.2, 0) is 0 Å². The minimum atomic E-state index is 0.913. The molecule has 0 aromatic carbocycles. The van der Waals surface area contributed by atoms with E-state index < -0.39 is 0 Å². The van der Waals surface area contributed by atoms with Crippen molar-refractivity contribution in [3.63, 3.8) is 0 Å². The Labute approximate surface area is 110 Å². The predicted molar refractivity (Wildman–Crippen MR) is 83.0 cm³/mol. The Kier molecular flexibility index (Phi) is 8.37. The zero-order chi connectivity index (χ0) is 14.0. The highest BCUT2D eigenvalue weighted by Crippen LogP contribution is 2.07. The summed E-state index contributed by atoms with van der Waals surface area (Å²) < 4.78 is 0. The van der Waals surface area contributed by atoms with E-state index in [1.54, 1.807) is 13.2 Å². The van der Waals surface area contributed by atoms with E-state index in [-0.39, 0.29) is 0 Å². The third kappa shape index (κ3) is 6.09. The molecule has 0 amide bonds. The summed E-state index contributed by atoms with van der Waals surface area (Å²) in [6.07, 6.45) is 9.36. The van der Waals surface area contributed by atoms with Gasteiger partial charge in [-0.1, -0.05) is 12.2 Å². The Bertz CT molecular complexity index is 433. The van der Waals surface area contributed by atoms with Gasteiger partial charge in [-0.15, -0.1) is 0 Å². The number of allylic oxidation sites excluding steroid dienone is 4.